The molecule has 1 rings (SSSR count). The first-order valence-electron chi connectivity index (χ1n) is 5.69. The number of aromatic nitrogens is 2. The highest BCUT2D eigenvalue weighted by Gasteiger charge is 2.08. The van der Waals surface area contributed by atoms with Crippen LogP contribution in [0.5, 0.6) is 0 Å². The summed E-state index contributed by atoms with van der Waals surface area (Å²) in [5, 5.41) is 5.65. The van der Waals surface area contributed by atoms with Crippen molar-refractivity contribution in [2.24, 2.45) is 5.92 Å². The maximum atomic E-state index is 11.6. The number of hydrogen-bond acceptors (Lipinski definition) is 3. The standard InChI is InChI=1S/C11H19N3O2S/c1-8(2)7-14-11(16)6-9(13-14)5-10(15)12-3-4-17/h6,8,13,17H,3-5,7H2,1-2H3,(H,12,15). The lowest BCUT2D eigenvalue weighted by Crippen LogP contribution is -2.27. The molecule has 1 amide bonds. The topological polar surface area (TPSA) is 66.9 Å². The molecule has 0 aliphatic heterocycles. The molecule has 0 unspecified atom stereocenters. The fourth-order valence-electron chi connectivity index (χ4n) is 1.51. The van der Waals surface area contributed by atoms with Crippen molar-refractivity contribution in [3.05, 3.63) is 22.1 Å². The predicted octanol–water partition coefficient (Wildman–Crippen LogP) is 0.421. The number of thiol groups is 1. The van der Waals surface area contributed by atoms with E-state index in [4.69, 9.17) is 0 Å². The van der Waals surface area contributed by atoms with Crippen LogP contribution in [0.25, 0.3) is 0 Å². The Morgan fingerprint density at radius 1 is 1.59 bits per heavy atom. The first-order valence-corrected chi connectivity index (χ1v) is 6.32. The molecule has 0 aromatic carbocycles. The SMILES string of the molecule is CC(C)Cn1[nH]c(CC(=O)NCCS)cc1=O. The Bertz CT molecular complexity index is 423. The molecule has 0 bridgehead atoms. The smallest absolute Gasteiger partial charge is 0.266 e. The van der Waals surface area contributed by atoms with Gasteiger partial charge in [0.25, 0.3) is 5.56 Å². The number of H-pyrrole nitrogens is 1. The number of carbonyl (C=O) groups is 1. The van der Waals surface area contributed by atoms with Crippen molar-refractivity contribution in [2.75, 3.05) is 12.3 Å². The molecule has 0 saturated heterocycles. The molecule has 0 aliphatic rings. The minimum absolute atomic E-state index is 0.0873. The van der Waals surface area contributed by atoms with Crippen molar-refractivity contribution >= 4 is 18.5 Å². The summed E-state index contributed by atoms with van der Waals surface area (Å²) in [5.74, 6) is 0.894. The molecule has 0 aliphatic carbocycles. The average molecular weight is 257 g/mol. The number of rotatable bonds is 6. The zero-order valence-corrected chi connectivity index (χ0v) is 11.1. The summed E-state index contributed by atoms with van der Waals surface area (Å²) in [7, 11) is 0. The Hall–Kier alpha value is -1.17. The van der Waals surface area contributed by atoms with Crippen LogP contribution in [0.4, 0.5) is 0 Å². The molecular formula is C11H19N3O2S. The summed E-state index contributed by atoms with van der Waals surface area (Å²) >= 11 is 4.00. The first-order chi connectivity index (χ1) is 8.02. The zero-order chi connectivity index (χ0) is 12.8. The van der Waals surface area contributed by atoms with Gasteiger partial charge in [-0.25, -0.2) is 0 Å². The molecule has 5 nitrogen and oxygen atoms in total. The van der Waals surface area contributed by atoms with Crippen LogP contribution in [0.15, 0.2) is 10.9 Å². The minimum Gasteiger partial charge on any atom is -0.355 e. The lowest BCUT2D eigenvalue weighted by molar-refractivity contribution is -0.120. The number of amides is 1. The van der Waals surface area contributed by atoms with Crippen molar-refractivity contribution in [2.45, 2.75) is 26.8 Å². The second-order valence-electron chi connectivity index (χ2n) is 4.37. The molecule has 1 heterocycles. The Kier molecular flexibility index (Phi) is 5.34. The maximum Gasteiger partial charge on any atom is 0.266 e. The van der Waals surface area contributed by atoms with Crippen LogP contribution < -0.4 is 10.9 Å². The number of carbonyl (C=O) groups excluding carboxylic acids is 1. The average Bonchev–Trinajstić information content (AvgIpc) is 2.55. The summed E-state index contributed by atoms with van der Waals surface area (Å²) in [6.45, 7) is 5.24. The highest BCUT2D eigenvalue weighted by atomic mass is 32.1. The highest BCUT2D eigenvalue weighted by Crippen LogP contribution is 1.97. The van der Waals surface area contributed by atoms with Crippen molar-refractivity contribution in [3.63, 3.8) is 0 Å². The fourth-order valence-corrected chi connectivity index (χ4v) is 1.62. The molecular weight excluding hydrogens is 238 g/mol. The molecule has 96 valence electrons. The van der Waals surface area contributed by atoms with E-state index in [1.54, 1.807) is 0 Å². The maximum absolute atomic E-state index is 11.6. The van der Waals surface area contributed by atoms with Crippen LogP contribution in [0.3, 0.4) is 0 Å². The van der Waals surface area contributed by atoms with E-state index in [-0.39, 0.29) is 17.9 Å². The van der Waals surface area contributed by atoms with Gasteiger partial charge in [0.1, 0.15) is 0 Å². The van der Waals surface area contributed by atoms with Gasteiger partial charge >= 0.3 is 0 Å². The van der Waals surface area contributed by atoms with Gasteiger partial charge in [-0.3, -0.25) is 19.4 Å². The van der Waals surface area contributed by atoms with Crippen molar-refractivity contribution in [1.29, 1.82) is 0 Å². The minimum atomic E-state index is -0.100. The van der Waals surface area contributed by atoms with E-state index >= 15 is 0 Å². The number of aromatic amines is 1. The molecule has 1 aromatic heterocycles. The van der Waals surface area contributed by atoms with Gasteiger partial charge < -0.3 is 5.32 Å². The molecule has 0 fully saturated rings. The van der Waals surface area contributed by atoms with Crippen LogP contribution in [-0.2, 0) is 17.8 Å². The number of nitrogens with zero attached hydrogens (tertiary/aromatic N) is 1. The van der Waals surface area contributed by atoms with Gasteiger partial charge in [-0.15, -0.1) is 0 Å². The van der Waals surface area contributed by atoms with E-state index in [0.29, 0.717) is 30.5 Å². The third-order valence-corrected chi connectivity index (χ3v) is 2.40. The normalized spacial score (nSPS) is 10.8. The molecule has 0 atom stereocenters. The van der Waals surface area contributed by atoms with Gasteiger partial charge in [-0.2, -0.15) is 12.6 Å². The Labute approximate surface area is 106 Å². The Morgan fingerprint density at radius 2 is 2.29 bits per heavy atom. The molecule has 6 heteroatoms. The van der Waals surface area contributed by atoms with Gasteiger partial charge in [0, 0.05) is 30.6 Å². The van der Waals surface area contributed by atoms with Crippen molar-refractivity contribution < 1.29 is 4.79 Å². The number of hydrogen-bond donors (Lipinski definition) is 3. The summed E-state index contributed by atoms with van der Waals surface area (Å²) < 4.78 is 1.53. The van der Waals surface area contributed by atoms with Gasteiger partial charge in [0.2, 0.25) is 5.91 Å². The second-order valence-corrected chi connectivity index (χ2v) is 4.82. The van der Waals surface area contributed by atoms with E-state index in [2.05, 4.69) is 23.0 Å². The summed E-state index contributed by atoms with van der Waals surface area (Å²) in [6, 6.07) is 1.47. The molecule has 0 radical (unpaired) electrons. The zero-order valence-electron chi connectivity index (χ0n) is 10.2. The fraction of sp³-hybridized carbons (Fsp3) is 0.636. The van der Waals surface area contributed by atoms with Crippen LogP contribution >= 0.6 is 12.6 Å². The van der Waals surface area contributed by atoms with Gasteiger partial charge in [0.05, 0.1) is 6.42 Å². The quantitative estimate of drug-likeness (QED) is 0.647. The predicted molar refractivity (Wildman–Crippen MR) is 70.5 cm³/mol. The largest absolute Gasteiger partial charge is 0.355 e. The molecule has 2 N–H and O–H groups in total. The van der Waals surface area contributed by atoms with Crippen LogP contribution in [0.1, 0.15) is 19.5 Å². The second kappa shape index (κ2) is 6.54. The Balaban J connectivity index is 2.61. The monoisotopic (exact) mass is 257 g/mol. The van der Waals surface area contributed by atoms with E-state index < -0.39 is 0 Å². The van der Waals surface area contributed by atoms with Crippen LogP contribution in [0, 0.1) is 5.92 Å². The molecule has 0 saturated carbocycles. The lowest BCUT2D eigenvalue weighted by Gasteiger charge is -2.05. The van der Waals surface area contributed by atoms with Gasteiger partial charge in [-0.05, 0) is 5.92 Å². The highest BCUT2D eigenvalue weighted by molar-refractivity contribution is 7.80. The molecule has 1 aromatic rings. The van der Waals surface area contributed by atoms with E-state index in [9.17, 15) is 9.59 Å². The summed E-state index contributed by atoms with van der Waals surface area (Å²) in [5.41, 5.74) is 0.558. The number of nitrogens with one attached hydrogen (secondary N) is 2. The lowest BCUT2D eigenvalue weighted by atomic mass is 10.2. The molecule has 17 heavy (non-hydrogen) atoms. The molecule has 0 spiro atoms. The van der Waals surface area contributed by atoms with Gasteiger partial charge in [-0.1, -0.05) is 13.8 Å². The van der Waals surface area contributed by atoms with E-state index in [1.165, 1.54) is 10.7 Å². The first kappa shape index (κ1) is 13.9. The van der Waals surface area contributed by atoms with E-state index in [0.717, 1.165) is 0 Å². The third-order valence-electron chi connectivity index (χ3n) is 2.18. The van der Waals surface area contributed by atoms with Gasteiger partial charge in [0.15, 0.2) is 0 Å². The van der Waals surface area contributed by atoms with Crippen molar-refractivity contribution in [3.8, 4) is 0 Å². The summed E-state index contributed by atoms with van der Waals surface area (Å²) in [6.07, 6.45) is 0.202. The summed E-state index contributed by atoms with van der Waals surface area (Å²) in [4.78, 5) is 23.0. The van der Waals surface area contributed by atoms with Crippen LogP contribution in [0.2, 0.25) is 0 Å². The third kappa shape index (κ3) is 4.68. The van der Waals surface area contributed by atoms with Crippen molar-refractivity contribution in [1.82, 2.24) is 15.1 Å². The Morgan fingerprint density at radius 3 is 2.88 bits per heavy atom. The van der Waals surface area contributed by atoms with E-state index in [1.807, 2.05) is 13.8 Å². The van der Waals surface area contributed by atoms with Crippen LogP contribution in [-0.4, -0.2) is 28.0 Å².